The fourth-order valence-electron chi connectivity index (χ4n) is 0.938. The largest absolute Gasteiger partial charge is 0.360 e. The Bertz CT molecular complexity index is 97.8. The first-order valence-corrected chi connectivity index (χ1v) is 3.65. The molecule has 0 aromatic carbocycles. The summed E-state index contributed by atoms with van der Waals surface area (Å²) in [4.78, 5) is 2.05. The molecule has 0 aliphatic carbocycles. The summed E-state index contributed by atoms with van der Waals surface area (Å²) in [7, 11) is 4.02. The van der Waals surface area contributed by atoms with Crippen LogP contribution in [0.25, 0.3) is 0 Å². The van der Waals surface area contributed by atoms with Crippen LogP contribution in [0.2, 0.25) is 0 Å². The van der Waals surface area contributed by atoms with Gasteiger partial charge >= 0.3 is 0 Å². The van der Waals surface area contributed by atoms with Crippen LogP contribution < -0.4 is 5.32 Å². The molecule has 3 heteroatoms. The zero-order chi connectivity index (χ0) is 7.56. The van der Waals surface area contributed by atoms with E-state index >= 15 is 0 Å². The Hall–Kier alpha value is -0.120. The minimum Gasteiger partial charge on any atom is -0.360 e. The molecule has 1 aliphatic rings. The van der Waals surface area contributed by atoms with Crippen molar-refractivity contribution in [2.24, 2.45) is 0 Å². The summed E-state index contributed by atoms with van der Waals surface area (Å²) in [6.07, 6.45) is 0.205. The number of morpholine rings is 1. The summed E-state index contributed by atoms with van der Waals surface area (Å²) in [6.45, 7) is 3.66. The number of rotatable bonds is 1. The van der Waals surface area contributed by atoms with Gasteiger partial charge in [-0.3, -0.25) is 4.90 Å². The third kappa shape index (κ3) is 1.94. The quantitative estimate of drug-likeness (QED) is 0.512. The Kier molecular flexibility index (Phi) is 2.65. The maximum atomic E-state index is 5.48. The van der Waals surface area contributed by atoms with Crippen molar-refractivity contribution in [3.8, 4) is 0 Å². The fraction of sp³-hybridized carbons (Fsp3) is 1.00. The maximum Gasteiger partial charge on any atom is 0.124 e. The van der Waals surface area contributed by atoms with E-state index < -0.39 is 0 Å². The van der Waals surface area contributed by atoms with E-state index in [0.717, 1.165) is 13.2 Å². The number of likely N-dealkylation sites (N-methyl/N-ethyl adjacent to an activating group) is 1. The highest BCUT2D eigenvalue weighted by Gasteiger charge is 2.19. The van der Waals surface area contributed by atoms with Gasteiger partial charge in [0.05, 0.1) is 13.2 Å². The molecule has 1 radical (unpaired) electrons. The molecule has 1 heterocycles. The number of hydrogen-bond donors (Lipinski definition) is 0. The van der Waals surface area contributed by atoms with Crippen LogP contribution in [0, 0.1) is 0 Å². The van der Waals surface area contributed by atoms with Crippen molar-refractivity contribution in [2.75, 3.05) is 27.2 Å². The molecule has 0 aromatic rings. The van der Waals surface area contributed by atoms with Crippen LogP contribution in [0.3, 0.4) is 0 Å². The number of ether oxygens (including phenoxy) is 1. The van der Waals surface area contributed by atoms with Crippen molar-refractivity contribution in [3.05, 3.63) is 0 Å². The van der Waals surface area contributed by atoms with Crippen LogP contribution in [0.1, 0.15) is 6.92 Å². The van der Waals surface area contributed by atoms with Crippen LogP contribution in [-0.4, -0.2) is 44.4 Å². The average Bonchev–Trinajstić information content (AvgIpc) is 1.88. The number of nitrogens with zero attached hydrogens (tertiary/aromatic N) is 2. The van der Waals surface area contributed by atoms with Crippen molar-refractivity contribution >= 4 is 0 Å². The first kappa shape index (κ1) is 7.98. The van der Waals surface area contributed by atoms with E-state index in [0.29, 0.717) is 6.04 Å². The Morgan fingerprint density at radius 2 is 2.20 bits per heavy atom. The lowest BCUT2D eigenvalue weighted by Gasteiger charge is -2.30. The van der Waals surface area contributed by atoms with Crippen molar-refractivity contribution < 1.29 is 4.74 Å². The zero-order valence-corrected chi connectivity index (χ0v) is 6.87. The van der Waals surface area contributed by atoms with Gasteiger partial charge in [-0.1, -0.05) is 0 Å². The molecule has 1 fully saturated rings. The molecular weight excluding hydrogens is 128 g/mol. The highest BCUT2D eigenvalue weighted by Crippen LogP contribution is 2.03. The van der Waals surface area contributed by atoms with Gasteiger partial charge in [-0.25, -0.2) is 5.32 Å². The van der Waals surface area contributed by atoms with Crippen molar-refractivity contribution in [3.63, 3.8) is 0 Å². The van der Waals surface area contributed by atoms with Crippen LogP contribution in [0.4, 0.5) is 0 Å². The highest BCUT2D eigenvalue weighted by molar-refractivity contribution is 4.69. The molecule has 59 valence electrons. The second kappa shape index (κ2) is 3.32. The SMILES string of the molecule is CC1COC(N(C)C)C[N]1. The molecule has 0 N–H and O–H groups in total. The molecule has 0 saturated carbocycles. The normalized spacial score (nSPS) is 34.8. The van der Waals surface area contributed by atoms with E-state index in [1.54, 1.807) is 0 Å². The molecule has 1 saturated heterocycles. The van der Waals surface area contributed by atoms with Crippen molar-refractivity contribution in [1.82, 2.24) is 10.2 Å². The predicted octanol–water partition coefficient (Wildman–Crippen LogP) is -0.103. The monoisotopic (exact) mass is 143 g/mol. The lowest BCUT2D eigenvalue weighted by Crippen LogP contribution is -2.46. The van der Waals surface area contributed by atoms with Crippen LogP contribution >= 0.6 is 0 Å². The Balaban J connectivity index is 2.26. The van der Waals surface area contributed by atoms with E-state index in [2.05, 4.69) is 17.1 Å². The van der Waals surface area contributed by atoms with E-state index in [9.17, 15) is 0 Å². The Labute approximate surface area is 62.3 Å². The van der Waals surface area contributed by atoms with Gasteiger partial charge in [-0.05, 0) is 21.0 Å². The van der Waals surface area contributed by atoms with Crippen molar-refractivity contribution in [2.45, 2.75) is 19.2 Å². The Morgan fingerprint density at radius 3 is 2.60 bits per heavy atom. The molecule has 2 unspecified atom stereocenters. The van der Waals surface area contributed by atoms with Gasteiger partial charge in [0.2, 0.25) is 0 Å². The molecule has 0 amide bonds. The molecule has 0 spiro atoms. The van der Waals surface area contributed by atoms with E-state index in [4.69, 9.17) is 4.74 Å². The average molecular weight is 143 g/mol. The standard InChI is InChI=1S/C7H15N2O/c1-6-5-10-7(4-8-6)9(2)3/h6-7H,4-5H2,1-3H3. The van der Waals surface area contributed by atoms with E-state index in [1.165, 1.54) is 0 Å². The van der Waals surface area contributed by atoms with Gasteiger partial charge in [0.1, 0.15) is 6.23 Å². The zero-order valence-electron chi connectivity index (χ0n) is 6.87. The highest BCUT2D eigenvalue weighted by atomic mass is 16.5. The minimum atomic E-state index is 0.205. The summed E-state index contributed by atoms with van der Waals surface area (Å²) in [6, 6.07) is 0.385. The summed E-state index contributed by atoms with van der Waals surface area (Å²) in [5.74, 6) is 0. The number of hydrogen-bond acceptors (Lipinski definition) is 2. The molecule has 0 aromatic heterocycles. The molecule has 1 rings (SSSR count). The second-order valence-electron chi connectivity index (χ2n) is 2.97. The third-order valence-corrected chi connectivity index (χ3v) is 1.68. The molecule has 2 atom stereocenters. The smallest absolute Gasteiger partial charge is 0.124 e. The Morgan fingerprint density at radius 1 is 1.50 bits per heavy atom. The third-order valence-electron chi connectivity index (χ3n) is 1.68. The summed E-state index contributed by atoms with van der Waals surface area (Å²) in [5, 5.41) is 4.37. The lowest BCUT2D eigenvalue weighted by molar-refractivity contribution is -0.0686. The predicted molar refractivity (Wildman–Crippen MR) is 39.9 cm³/mol. The van der Waals surface area contributed by atoms with Gasteiger partial charge in [-0.2, -0.15) is 0 Å². The van der Waals surface area contributed by atoms with Gasteiger partial charge in [0.15, 0.2) is 0 Å². The minimum absolute atomic E-state index is 0.205. The van der Waals surface area contributed by atoms with Crippen LogP contribution in [0.5, 0.6) is 0 Å². The molecule has 3 nitrogen and oxygen atoms in total. The summed E-state index contributed by atoms with van der Waals surface area (Å²) >= 11 is 0. The van der Waals surface area contributed by atoms with Gasteiger partial charge in [0, 0.05) is 6.04 Å². The summed E-state index contributed by atoms with van der Waals surface area (Å²) in [5.41, 5.74) is 0. The van der Waals surface area contributed by atoms with E-state index in [1.807, 2.05) is 14.1 Å². The van der Waals surface area contributed by atoms with Crippen LogP contribution in [-0.2, 0) is 4.74 Å². The first-order valence-electron chi connectivity index (χ1n) is 3.65. The van der Waals surface area contributed by atoms with Gasteiger partial charge in [-0.15, -0.1) is 0 Å². The molecule has 10 heavy (non-hydrogen) atoms. The fourth-order valence-corrected chi connectivity index (χ4v) is 0.938. The van der Waals surface area contributed by atoms with Gasteiger partial charge in [0.25, 0.3) is 0 Å². The second-order valence-corrected chi connectivity index (χ2v) is 2.97. The first-order chi connectivity index (χ1) is 4.70. The van der Waals surface area contributed by atoms with Crippen molar-refractivity contribution in [1.29, 1.82) is 0 Å². The molecular formula is C7H15N2O. The summed E-state index contributed by atoms with van der Waals surface area (Å²) < 4.78 is 5.48. The topological polar surface area (TPSA) is 26.6 Å². The van der Waals surface area contributed by atoms with Crippen LogP contribution in [0.15, 0.2) is 0 Å². The molecule has 1 aliphatic heterocycles. The maximum absolute atomic E-state index is 5.48. The van der Waals surface area contributed by atoms with Gasteiger partial charge < -0.3 is 4.74 Å². The molecule has 0 bridgehead atoms. The van der Waals surface area contributed by atoms with E-state index in [-0.39, 0.29) is 6.23 Å². The lowest BCUT2D eigenvalue weighted by atomic mass is 10.3.